The van der Waals surface area contributed by atoms with E-state index < -0.39 is 5.82 Å². The van der Waals surface area contributed by atoms with Crippen molar-refractivity contribution in [2.45, 2.75) is 19.5 Å². The highest BCUT2D eigenvalue weighted by molar-refractivity contribution is 9.10. The van der Waals surface area contributed by atoms with Gasteiger partial charge in [-0.1, -0.05) is 34.1 Å². The lowest BCUT2D eigenvalue weighted by Gasteiger charge is -2.19. The molecule has 0 aliphatic heterocycles. The maximum absolute atomic E-state index is 13.7. The van der Waals surface area contributed by atoms with E-state index in [0.29, 0.717) is 6.54 Å². The van der Waals surface area contributed by atoms with Gasteiger partial charge in [-0.15, -0.1) is 0 Å². The quantitative estimate of drug-likeness (QED) is 0.754. The molecule has 0 saturated heterocycles. The van der Waals surface area contributed by atoms with Gasteiger partial charge < -0.3 is 10.1 Å². The lowest BCUT2D eigenvalue weighted by molar-refractivity contribution is -0.122. The van der Waals surface area contributed by atoms with Gasteiger partial charge in [-0.25, -0.2) is 4.39 Å². The molecule has 25 heavy (non-hydrogen) atoms. The van der Waals surface area contributed by atoms with Crippen LogP contribution in [-0.2, 0) is 11.3 Å². The molecule has 134 valence electrons. The minimum atomic E-state index is -0.401. The van der Waals surface area contributed by atoms with Gasteiger partial charge in [0.15, 0.2) is 11.6 Å². The third kappa shape index (κ3) is 5.83. The number of carbonyl (C=O) groups excluding carboxylic acids is 1. The van der Waals surface area contributed by atoms with Gasteiger partial charge >= 0.3 is 0 Å². The number of nitrogens with one attached hydrogen (secondary N) is 1. The van der Waals surface area contributed by atoms with E-state index in [1.807, 2.05) is 43.1 Å². The zero-order valence-corrected chi connectivity index (χ0v) is 16.1. The molecule has 6 heteroatoms. The lowest BCUT2D eigenvalue weighted by Crippen LogP contribution is -2.36. The van der Waals surface area contributed by atoms with Crippen LogP contribution in [0.4, 0.5) is 4.39 Å². The molecule has 0 saturated carbocycles. The van der Waals surface area contributed by atoms with Gasteiger partial charge in [0, 0.05) is 11.0 Å². The molecule has 2 aromatic carbocycles. The summed E-state index contributed by atoms with van der Waals surface area (Å²) in [6, 6.07) is 12.6. The van der Waals surface area contributed by atoms with Crippen LogP contribution in [0, 0.1) is 5.82 Å². The van der Waals surface area contributed by atoms with Gasteiger partial charge in [0.25, 0.3) is 0 Å². The molecule has 0 unspecified atom stereocenters. The van der Waals surface area contributed by atoms with E-state index >= 15 is 0 Å². The predicted octanol–water partition coefficient (Wildman–Crippen LogP) is 3.91. The van der Waals surface area contributed by atoms with Gasteiger partial charge in [0.2, 0.25) is 5.91 Å². The fourth-order valence-electron chi connectivity index (χ4n) is 2.54. The molecule has 4 nitrogen and oxygen atoms in total. The third-order valence-electron chi connectivity index (χ3n) is 3.83. The van der Waals surface area contributed by atoms with Crippen molar-refractivity contribution in [1.82, 2.24) is 10.2 Å². The lowest BCUT2D eigenvalue weighted by atomic mass is 10.1. The Balaban J connectivity index is 1.87. The summed E-state index contributed by atoms with van der Waals surface area (Å²) in [6.45, 7) is 2.65. The number of ether oxygens (including phenoxy) is 1. The maximum Gasteiger partial charge on any atom is 0.234 e. The second-order valence-electron chi connectivity index (χ2n) is 5.98. The van der Waals surface area contributed by atoms with Crippen molar-refractivity contribution in [3.8, 4) is 5.75 Å². The Morgan fingerprint density at radius 3 is 2.56 bits per heavy atom. The van der Waals surface area contributed by atoms with Crippen molar-refractivity contribution in [2.24, 2.45) is 0 Å². The van der Waals surface area contributed by atoms with Crippen molar-refractivity contribution in [2.75, 3.05) is 20.7 Å². The number of halogens is 2. The van der Waals surface area contributed by atoms with E-state index in [-0.39, 0.29) is 24.2 Å². The summed E-state index contributed by atoms with van der Waals surface area (Å²) in [6.07, 6.45) is 0. The van der Waals surface area contributed by atoms with Gasteiger partial charge in [-0.3, -0.25) is 9.69 Å². The normalized spacial score (nSPS) is 12.1. The van der Waals surface area contributed by atoms with Gasteiger partial charge in [0.05, 0.1) is 19.7 Å². The van der Waals surface area contributed by atoms with Crippen LogP contribution in [0.1, 0.15) is 24.1 Å². The number of benzene rings is 2. The van der Waals surface area contributed by atoms with E-state index in [1.165, 1.54) is 13.2 Å². The molecule has 1 atom stereocenters. The molecule has 0 aliphatic rings. The fourth-order valence-corrected chi connectivity index (χ4v) is 2.81. The van der Waals surface area contributed by atoms with Gasteiger partial charge in [0.1, 0.15) is 0 Å². The SMILES string of the molecule is COc1ccc(CN(C)CC(=O)N[C@H](C)c2ccc(Br)cc2)cc1F. The summed E-state index contributed by atoms with van der Waals surface area (Å²) in [5.74, 6) is -0.263. The highest BCUT2D eigenvalue weighted by atomic mass is 79.9. The van der Waals surface area contributed by atoms with Crippen LogP contribution in [0.5, 0.6) is 5.75 Å². The summed E-state index contributed by atoms with van der Waals surface area (Å²) in [4.78, 5) is 14.0. The molecular weight excluding hydrogens is 387 g/mol. The van der Waals surface area contributed by atoms with Gasteiger partial charge in [-0.05, 0) is 49.4 Å². The summed E-state index contributed by atoms with van der Waals surface area (Å²) in [5, 5.41) is 2.97. The average Bonchev–Trinajstić information content (AvgIpc) is 2.55. The number of hydrogen-bond acceptors (Lipinski definition) is 3. The average molecular weight is 409 g/mol. The van der Waals surface area contributed by atoms with Crippen molar-refractivity contribution >= 4 is 21.8 Å². The first-order chi connectivity index (χ1) is 11.9. The molecular formula is C19H22BrFN2O2. The molecule has 0 bridgehead atoms. The number of rotatable bonds is 7. The van der Waals surface area contributed by atoms with Crippen LogP contribution in [0.15, 0.2) is 46.9 Å². The number of likely N-dealkylation sites (N-methyl/N-ethyl adjacent to an activating group) is 1. The Hall–Kier alpha value is -1.92. The van der Waals surface area contributed by atoms with E-state index in [1.54, 1.807) is 12.1 Å². The maximum atomic E-state index is 13.7. The molecule has 0 aromatic heterocycles. The summed E-state index contributed by atoms with van der Waals surface area (Å²) >= 11 is 3.40. The Morgan fingerprint density at radius 1 is 1.28 bits per heavy atom. The number of methoxy groups -OCH3 is 1. The van der Waals surface area contributed by atoms with E-state index in [0.717, 1.165) is 15.6 Å². The Bertz CT molecular complexity index is 722. The van der Waals surface area contributed by atoms with Crippen LogP contribution in [0.25, 0.3) is 0 Å². The minimum Gasteiger partial charge on any atom is -0.494 e. The summed E-state index contributed by atoms with van der Waals surface area (Å²) in [5.41, 5.74) is 1.82. The number of carbonyl (C=O) groups is 1. The third-order valence-corrected chi connectivity index (χ3v) is 4.36. The smallest absolute Gasteiger partial charge is 0.234 e. The second kappa shape index (κ2) is 8.97. The first kappa shape index (κ1) is 19.4. The molecule has 2 rings (SSSR count). The first-order valence-corrected chi connectivity index (χ1v) is 8.74. The minimum absolute atomic E-state index is 0.0765. The second-order valence-corrected chi connectivity index (χ2v) is 6.90. The highest BCUT2D eigenvalue weighted by Gasteiger charge is 2.12. The molecule has 0 spiro atoms. The molecule has 0 heterocycles. The first-order valence-electron chi connectivity index (χ1n) is 7.95. The molecule has 0 radical (unpaired) electrons. The number of amides is 1. The van der Waals surface area contributed by atoms with Crippen molar-refractivity contribution in [1.29, 1.82) is 0 Å². The zero-order chi connectivity index (χ0) is 18.4. The van der Waals surface area contributed by atoms with E-state index in [9.17, 15) is 9.18 Å². The summed E-state index contributed by atoms with van der Waals surface area (Å²) in [7, 11) is 3.26. The van der Waals surface area contributed by atoms with Crippen LogP contribution < -0.4 is 10.1 Å². The van der Waals surface area contributed by atoms with Crippen LogP contribution in [0.3, 0.4) is 0 Å². The van der Waals surface area contributed by atoms with Crippen molar-refractivity contribution < 1.29 is 13.9 Å². The number of hydrogen-bond donors (Lipinski definition) is 1. The Kier molecular flexibility index (Phi) is 6.96. The topological polar surface area (TPSA) is 41.6 Å². The summed E-state index contributed by atoms with van der Waals surface area (Å²) < 4.78 is 19.6. The fraction of sp³-hybridized carbons (Fsp3) is 0.316. The zero-order valence-electron chi connectivity index (χ0n) is 14.6. The Morgan fingerprint density at radius 2 is 1.96 bits per heavy atom. The Labute approximate surface area is 156 Å². The highest BCUT2D eigenvalue weighted by Crippen LogP contribution is 2.19. The molecule has 2 aromatic rings. The standard InChI is InChI=1S/C19H22BrFN2O2/c1-13(15-5-7-16(20)8-6-15)22-19(24)12-23(2)11-14-4-9-18(25-3)17(21)10-14/h4-10,13H,11-12H2,1-3H3,(H,22,24)/t13-/m1/s1. The van der Waals surface area contributed by atoms with Crippen LogP contribution in [-0.4, -0.2) is 31.5 Å². The molecule has 0 aliphatic carbocycles. The largest absolute Gasteiger partial charge is 0.494 e. The van der Waals surface area contributed by atoms with Gasteiger partial charge in [-0.2, -0.15) is 0 Å². The van der Waals surface area contributed by atoms with Crippen LogP contribution >= 0.6 is 15.9 Å². The van der Waals surface area contributed by atoms with E-state index in [4.69, 9.17) is 4.74 Å². The molecule has 0 fully saturated rings. The van der Waals surface area contributed by atoms with Crippen molar-refractivity contribution in [3.05, 3.63) is 63.9 Å². The predicted molar refractivity (Wildman–Crippen MR) is 100.0 cm³/mol. The molecule has 1 N–H and O–H groups in total. The molecule has 1 amide bonds. The van der Waals surface area contributed by atoms with E-state index in [2.05, 4.69) is 21.2 Å². The van der Waals surface area contributed by atoms with Crippen molar-refractivity contribution in [3.63, 3.8) is 0 Å². The van der Waals surface area contributed by atoms with Crippen LogP contribution in [0.2, 0.25) is 0 Å². The number of nitrogens with zero attached hydrogens (tertiary/aromatic N) is 1. The monoisotopic (exact) mass is 408 g/mol.